The second-order valence-electron chi connectivity index (χ2n) is 6.32. The smallest absolute Gasteiger partial charge is 0.230 e. The number of nitrogens with zero attached hydrogens (tertiary/aromatic N) is 1. The van der Waals surface area contributed by atoms with Crippen LogP contribution < -0.4 is 4.72 Å². The van der Waals surface area contributed by atoms with Crippen LogP contribution in [0.1, 0.15) is 40.0 Å². The molecule has 0 amide bonds. The van der Waals surface area contributed by atoms with Crippen LogP contribution in [0.5, 0.6) is 0 Å². The van der Waals surface area contributed by atoms with Crippen molar-refractivity contribution in [3.63, 3.8) is 0 Å². The number of hydrogen-bond donors (Lipinski definition) is 1. The summed E-state index contributed by atoms with van der Waals surface area (Å²) in [5.41, 5.74) is 0.164. The van der Waals surface area contributed by atoms with Crippen LogP contribution in [-0.4, -0.2) is 26.6 Å². The SMILES string of the molecule is CC1(C)CC2CC(C)(C1)C(NS(C)(=O)=O)=N2. The zero-order chi connectivity index (χ0) is 12.2. The molecule has 92 valence electrons. The van der Waals surface area contributed by atoms with E-state index in [9.17, 15) is 8.42 Å². The van der Waals surface area contributed by atoms with Gasteiger partial charge in [0.25, 0.3) is 0 Å². The second-order valence-corrected chi connectivity index (χ2v) is 8.06. The molecule has 0 spiro atoms. The fourth-order valence-corrected chi connectivity index (χ4v) is 4.02. The highest BCUT2D eigenvalue weighted by Gasteiger charge is 2.49. The second kappa shape index (κ2) is 3.22. The molecule has 2 bridgehead atoms. The lowest BCUT2D eigenvalue weighted by molar-refractivity contribution is 0.152. The summed E-state index contributed by atoms with van der Waals surface area (Å²) < 4.78 is 25.2. The normalized spacial score (nSPS) is 37.0. The van der Waals surface area contributed by atoms with Crippen molar-refractivity contribution in [2.24, 2.45) is 15.8 Å². The molecule has 5 heteroatoms. The zero-order valence-corrected chi connectivity index (χ0v) is 11.2. The van der Waals surface area contributed by atoms with E-state index in [1.54, 1.807) is 0 Å². The van der Waals surface area contributed by atoms with Gasteiger partial charge in [0, 0.05) is 5.41 Å². The van der Waals surface area contributed by atoms with Crippen molar-refractivity contribution in [2.45, 2.75) is 46.1 Å². The number of nitrogens with one attached hydrogen (secondary N) is 1. The molecule has 2 aliphatic rings. The van der Waals surface area contributed by atoms with Gasteiger partial charge >= 0.3 is 0 Å². The molecule has 1 saturated carbocycles. The summed E-state index contributed by atoms with van der Waals surface area (Å²) in [6, 6.07) is 0.290. The lowest BCUT2D eigenvalue weighted by atomic mass is 9.64. The average Bonchev–Trinajstić information content (AvgIpc) is 2.15. The number of fused-ring (bicyclic) bond motifs is 2. The van der Waals surface area contributed by atoms with Crippen LogP contribution in [0.15, 0.2) is 4.99 Å². The van der Waals surface area contributed by atoms with E-state index >= 15 is 0 Å². The fourth-order valence-electron chi connectivity index (χ4n) is 3.37. The first-order valence-electron chi connectivity index (χ1n) is 5.66. The molecule has 0 saturated heterocycles. The minimum Gasteiger partial charge on any atom is -0.271 e. The molecule has 16 heavy (non-hydrogen) atoms. The van der Waals surface area contributed by atoms with Crippen molar-refractivity contribution in [2.75, 3.05) is 6.26 Å². The third kappa shape index (κ3) is 2.24. The van der Waals surface area contributed by atoms with E-state index in [1.807, 2.05) is 0 Å². The Morgan fingerprint density at radius 2 is 1.94 bits per heavy atom. The molecule has 2 unspecified atom stereocenters. The first-order valence-corrected chi connectivity index (χ1v) is 7.55. The van der Waals surface area contributed by atoms with Crippen LogP contribution in [0.4, 0.5) is 0 Å². The summed E-state index contributed by atoms with van der Waals surface area (Å²) in [6.45, 7) is 6.58. The van der Waals surface area contributed by atoms with Gasteiger partial charge in [-0.05, 0) is 24.7 Å². The van der Waals surface area contributed by atoms with Crippen LogP contribution >= 0.6 is 0 Å². The Balaban J connectivity index is 2.27. The van der Waals surface area contributed by atoms with Crippen molar-refractivity contribution in [1.82, 2.24) is 4.72 Å². The highest BCUT2D eigenvalue weighted by molar-refractivity contribution is 7.89. The lowest BCUT2D eigenvalue weighted by Crippen LogP contribution is -2.43. The third-order valence-electron chi connectivity index (χ3n) is 3.51. The van der Waals surface area contributed by atoms with E-state index in [0.29, 0.717) is 5.84 Å². The van der Waals surface area contributed by atoms with E-state index in [1.165, 1.54) is 6.26 Å². The van der Waals surface area contributed by atoms with Crippen molar-refractivity contribution >= 4 is 15.9 Å². The molecule has 4 nitrogen and oxygen atoms in total. The van der Waals surface area contributed by atoms with E-state index in [2.05, 4.69) is 30.5 Å². The zero-order valence-electron chi connectivity index (χ0n) is 10.4. The van der Waals surface area contributed by atoms with Crippen LogP contribution in [0.2, 0.25) is 0 Å². The summed E-state index contributed by atoms with van der Waals surface area (Å²) >= 11 is 0. The predicted molar refractivity (Wildman–Crippen MR) is 64.9 cm³/mol. The van der Waals surface area contributed by atoms with Gasteiger partial charge in [0.1, 0.15) is 5.84 Å². The number of amidine groups is 1. The molecule has 1 N–H and O–H groups in total. The molecule has 1 aliphatic carbocycles. The summed E-state index contributed by atoms with van der Waals surface area (Å²) in [5.74, 6) is 0.672. The molecular weight excluding hydrogens is 224 g/mol. The molecule has 0 radical (unpaired) electrons. The van der Waals surface area contributed by atoms with Gasteiger partial charge in [0.05, 0.1) is 12.3 Å². The van der Waals surface area contributed by atoms with E-state index in [-0.39, 0.29) is 16.9 Å². The summed E-state index contributed by atoms with van der Waals surface area (Å²) in [5, 5.41) is 0. The Labute approximate surface area is 97.6 Å². The topological polar surface area (TPSA) is 58.5 Å². The van der Waals surface area contributed by atoms with Crippen molar-refractivity contribution in [3.8, 4) is 0 Å². The molecule has 1 aliphatic heterocycles. The van der Waals surface area contributed by atoms with E-state index < -0.39 is 10.0 Å². The minimum atomic E-state index is -3.20. The minimum absolute atomic E-state index is 0.0878. The quantitative estimate of drug-likeness (QED) is 0.760. The fraction of sp³-hybridized carbons (Fsp3) is 0.909. The van der Waals surface area contributed by atoms with Gasteiger partial charge in [0.15, 0.2) is 0 Å². The molecule has 0 aromatic heterocycles. The largest absolute Gasteiger partial charge is 0.271 e. The Morgan fingerprint density at radius 3 is 2.50 bits per heavy atom. The highest BCUT2D eigenvalue weighted by atomic mass is 32.2. The molecule has 2 atom stereocenters. The van der Waals surface area contributed by atoms with Gasteiger partial charge in [0.2, 0.25) is 10.0 Å². The van der Waals surface area contributed by atoms with Gasteiger partial charge in [-0.1, -0.05) is 20.8 Å². The number of rotatable bonds is 1. The summed E-state index contributed by atoms with van der Waals surface area (Å²) in [7, 11) is -3.20. The van der Waals surface area contributed by atoms with Crippen LogP contribution in [0, 0.1) is 10.8 Å². The molecular formula is C11H20N2O2S. The maximum Gasteiger partial charge on any atom is 0.230 e. The monoisotopic (exact) mass is 244 g/mol. The van der Waals surface area contributed by atoms with Crippen molar-refractivity contribution in [3.05, 3.63) is 0 Å². The molecule has 1 heterocycles. The van der Waals surface area contributed by atoms with Gasteiger partial charge < -0.3 is 0 Å². The van der Waals surface area contributed by atoms with E-state index in [4.69, 9.17) is 0 Å². The molecule has 2 rings (SSSR count). The van der Waals surface area contributed by atoms with Crippen LogP contribution in [-0.2, 0) is 10.0 Å². The number of sulfonamides is 1. The van der Waals surface area contributed by atoms with Crippen LogP contribution in [0.25, 0.3) is 0 Å². The first kappa shape index (κ1) is 11.9. The summed E-state index contributed by atoms with van der Waals surface area (Å²) in [6.07, 6.45) is 4.22. The van der Waals surface area contributed by atoms with Gasteiger partial charge in [-0.15, -0.1) is 0 Å². The Bertz CT molecular complexity index is 439. The van der Waals surface area contributed by atoms with Crippen molar-refractivity contribution < 1.29 is 8.42 Å². The number of hydrogen-bond acceptors (Lipinski definition) is 3. The third-order valence-corrected chi connectivity index (χ3v) is 4.07. The lowest BCUT2D eigenvalue weighted by Gasteiger charge is -2.40. The molecule has 0 aromatic carbocycles. The standard InChI is InChI=1S/C11H20N2O2S/c1-10(2)5-8-6-11(3,7-10)9(12-8)13-16(4,14)15/h8H,5-7H2,1-4H3,(H,12,13). The van der Waals surface area contributed by atoms with E-state index in [0.717, 1.165) is 19.3 Å². The molecule has 0 aromatic rings. The van der Waals surface area contributed by atoms with Gasteiger partial charge in [-0.3, -0.25) is 9.71 Å². The predicted octanol–water partition coefficient (Wildman–Crippen LogP) is 1.53. The molecule has 1 fully saturated rings. The Kier molecular flexibility index (Phi) is 2.39. The average molecular weight is 244 g/mol. The maximum absolute atomic E-state index is 11.3. The number of aliphatic imine (C=N–C) groups is 1. The van der Waals surface area contributed by atoms with Crippen molar-refractivity contribution in [1.29, 1.82) is 0 Å². The van der Waals surface area contributed by atoms with Crippen LogP contribution in [0.3, 0.4) is 0 Å². The maximum atomic E-state index is 11.3. The van der Waals surface area contributed by atoms with Gasteiger partial charge in [-0.2, -0.15) is 0 Å². The van der Waals surface area contributed by atoms with Gasteiger partial charge in [-0.25, -0.2) is 8.42 Å². The Morgan fingerprint density at radius 1 is 1.31 bits per heavy atom. The summed E-state index contributed by atoms with van der Waals surface area (Å²) in [4.78, 5) is 4.53. The first-order chi connectivity index (χ1) is 7.10. The Hall–Kier alpha value is -0.580. The highest BCUT2D eigenvalue weighted by Crippen LogP contribution is 2.51.